The fourth-order valence-electron chi connectivity index (χ4n) is 1.58. The van der Waals surface area contributed by atoms with E-state index in [0.29, 0.717) is 0 Å². The van der Waals surface area contributed by atoms with Gasteiger partial charge in [0, 0.05) is 26.5 Å². The van der Waals surface area contributed by atoms with Gasteiger partial charge < -0.3 is 4.90 Å². The summed E-state index contributed by atoms with van der Waals surface area (Å²) in [4.78, 5) is 2.12. The van der Waals surface area contributed by atoms with Gasteiger partial charge >= 0.3 is 0 Å². The van der Waals surface area contributed by atoms with Gasteiger partial charge in [0.05, 0.1) is 0 Å². The summed E-state index contributed by atoms with van der Waals surface area (Å²) in [5.41, 5.74) is 3.42. The molecule has 0 radical (unpaired) electrons. The summed E-state index contributed by atoms with van der Waals surface area (Å²) >= 11 is 5.74. The zero-order valence-corrected chi connectivity index (χ0v) is 12.6. The summed E-state index contributed by atoms with van der Waals surface area (Å²) in [6, 6.07) is 8.31. The Morgan fingerprint density at radius 1 is 1.19 bits per heavy atom. The van der Waals surface area contributed by atoms with Gasteiger partial charge in [0.25, 0.3) is 0 Å². The van der Waals surface area contributed by atoms with E-state index in [-0.39, 0.29) is 0 Å². The highest BCUT2D eigenvalue weighted by molar-refractivity contribution is 14.1. The molecule has 2 rings (SSSR count). The highest BCUT2D eigenvalue weighted by atomic mass is 127. The van der Waals surface area contributed by atoms with Crippen molar-refractivity contribution >= 4 is 44.2 Å². The molecule has 0 aliphatic carbocycles. The Kier molecular flexibility index (Phi) is 3.54. The maximum atomic E-state index is 4.07. The Morgan fingerprint density at radius 2 is 1.81 bits per heavy atom. The zero-order chi connectivity index (χ0) is 11.7. The first-order valence-corrected chi connectivity index (χ1v) is 6.73. The molecule has 0 amide bonds. The lowest BCUT2D eigenvalue weighted by Crippen LogP contribution is -2.17. The molecule has 1 heterocycles. The van der Waals surface area contributed by atoms with Crippen LogP contribution >= 0.6 is 38.5 Å². The van der Waals surface area contributed by atoms with E-state index in [9.17, 15) is 0 Å². The van der Waals surface area contributed by atoms with Gasteiger partial charge in [-0.15, -0.1) is 0 Å². The van der Waals surface area contributed by atoms with Crippen LogP contribution in [0.5, 0.6) is 0 Å². The lowest BCUT2D eigenvalue weighted by Gasteiger charge is -2.27. The van der Waals surface area contributed by atoms with E-state index in [0.717, 1.165) is 10.2 Å². The van der Waals surface area contributed by atoms with Crippen molar-refractivity contribution in [2.45, 2.75) is 0 Å². The average Bonchev–Trinajstić information content (AvgIpc) is 2.28. The predicted octanol–water partition coefficient (Wildman–Crippen LogP) is 4.57. The summed E-state index contributed by atoms with van der Waals surface area (Å²) in [7, 11) is 2.04. The minimum absolute atomic E-state index is 1.04. The fraction of sp³-hybridized carbons (Fsp3) is 0.0769. The van der Waals surface area contributed by atoms with E-state index >= 15 is 0 Å². The van der Waals surface area contributed by atoms with Crippen LogP contribution in [0, 0.1) is 0 Å². The Hall–Kier alpha value is -0.550. The molecule has 1 aliphatic rings. The normalized spacial score (nSPS) is 15.9. The number of hydrogen-bond donors (Lipinski definition) is 0. The second-order valence-corrected chi connectivity index (χ2v) is 5.66. The number of halogens is 2. The van der Waals surface area contributed by atoms with E-state index in [1.165, 1.54) is 14.8 Å². The Labute approximate surface area is 118 Å². The molecular formula is C13H11BrIN. The SMILES string of the molecule is C=C1C(I)=CC=C(c2ccc(Br)cc2)N1C. The van der Waals surface area contributed by atoms with Crippen LogP contribution in [0.15, 0.2) is 56.7 Å². The first-order valence-electron chi connectivity index (χ1n) is 4.86. The summed E-state index contributed by atoms with van der Waals surface area (Å²) in [5, 5.41) is 0. The van der Waals surface area contributed by atoms with E-state index in [1.807, 2.05) is 7.05 Å². The van der Waals surface area contributed by atoms with Crippen LogP contribution in [0.25, 0.3) is 5.70 Å². The van der Waals surface area contributed by atoms with Gasteiger partial charge in [-0.1, -0.05) is 34.6 Å². The number of nitrogens with zero attached hydrogens (tertiary/aromatic N) is 1. The molecule has 16 heavy (non-hydrogen) atoms. The predicted molar refractivity (Wildman–Crippen MR) is 81.1 cm³/mol. The van der Waals surface area contributed by atoms with E-state index in [4.69, 9.17) is 0 Å². The second-order valence-electron chi connectivity index (χ2n) is 3.58. The third-order valence-electron chi connectivity index (χ3n) is 2.57. The molecule has 0 fully saturated rings. The monoisotopic (exact) mass is 387 g/mol. The minimum Gasteiger partial charge on any atom is -0.344 e. The molecule has 3 heteroatoms. The molecule has 0 saturated carbocycles. The lowest BCUT2D eigenvalue weighted by molar-refractivity contribution is 0.614. The molecule has 0 saturated heterocycles. The molecule has 1 nitrogen and oxygen atoms in total. The summed E-state index contributed by atoms with van der Waals surface area (Å²) < 4.78 is 2.28. The maximum absolute atomic E-state index is 4.07. The molecule has 0 N–H and O–H groups in total. The van der Waals surface area contributed by atoms with Crippen molar-refractivity contribution in [2.24, 2.45) is 0 Å². The average molecular weight is 388 g/mol. The lowest BCUT2D eigenvalue weighted by atomic mass is 10.1. The van der Waals surface area contributed by atoms with Crippen molar-refractivity contribution in [3.05, 3.63) is 62.3 Å². The van der Waals surface area contributed by atoms with Gasteiger partial charge in [-0.25, -0.2) is 0 Å². The van der Waals surface area contributed by atoms with Crippen LogP contribution in [0.3, 0.4) is 0 Å². The third kappa shape index (κ3) is 2.25. The summed E-state index contributed by atoms with van der Waals surface area (Å²) in [6.07, 6.45) is 4.22. The first-order chi connectivity index (χ1) is 7.59. The number of benzene rings is 1. The summed E-state index contributed by atoms with van der Waals surface area (Å²) in [6.45, 7) is 4.07. The topological polar surface area (TPSA) is 3.24 Å². The Bertz CT molecular complexity index is 485. The molecule has 82 valence electrons. The van der Waals surface area contributed by atoms with Gasteiger partial charge in [0.2, 0.25) is 0 Å². The smallest absolute Gasteiger partial charge is 0.0482 e. The molecule has 1 aliphatic heterocycles. The summed E-state index contributed by atoms with van der Waals surface area (Å²) in [5.74, 6) is 0. The van der Waals surface area contributed by atoms with E-state index < -0.39 is 0 Å². The molecule has 0 aromatic heterocycles. The molecule has 1 aromatic carbocycles. The number of hydrogen-bond acceptors (Lipinski definition) is 1. The van der Waals surface area contributed by atoms with Crippen molar-refractivity contribution in [3.63, 3.8) is 0 Å². The molecule has 0 spiro atoms. The minimum atomic E-state index is 1.04. The maximum Gasteiger partial charge on any atom is 0.0482 e. The van der Waals surface area contributed by atoms with Crippen LogP contribution in [0.4, 0.5) is 0 Å². The number of likely N-dealkylation sites (N-methyl/N-ethyl adjacent to an activating group) is 1. The van der Waals surface area contributed by atoms with Crippen LogP contribution in [0.1, 0.15) is 5.56 Å². The molecule has 0 unspecified atom stereocenters. The van der Waals surface area contributed by atoms with Gasteiger partial charge in [0.15, 0.2) is 0 Å². The van der Waals surface area contributed by atoms with E-state index in [1.54, 1.807) is 0 Å². The number of rotatable bonds is 1. The van der Waals surface area contributed by atoms with Gasteiger partial charge in [0.1, 0.15) is 0 Å². The zero-order valence-electron chi connectivity index (χ0n) is 8.87. The van der Waals surface area contributed by atoms with E-state index in [2.05, 4.69) is 86.4 Å². The quantitative estimate of drug-likeness (QED) is 0.638. The van der Waals surface area contributed by atoms with Crippen molar-refractivity contribution in [2.75, 3.05) is 7.05 Å². The molecule has 0 atom stereocenters. The third-order valence-corrected chi connectivity index (χ3v) is 4.08. The Balaban J connectivity index is 2.42. The van der Waals surface area contributed by atoms with Crippen LogP contribution < -0.4 is 0 Å². The standard InChI is InChI=1S/C13H11BrIN/c1-9-12(15)7-8-13(16(9)2)10-3-5-11(14)6-4-10/h3-8H,1H2,2H3. The van der Waals surface area contributed by atoms with Crippen molar-refractivity contribution in [1.29, 1.82) is 0 Å². The van der Waals surface area contributed by atoms with Crippen LogP contribution in [-0.4, -0.2) is 11.9 Å². The van der Waals surface area contributed by atoms with Crippen LogP contribution in [-0.2, 0) is 0 Å². The van der Waals surface area contributed by atoms with Crippen LogP contribution in [0.2, 0.25) is 0 Å². The fourth-order valence-corrected chi connectivity index (χ4v) is 2.38. The molecular weight excluding hydrogens is 377 g/mol. The highest BCUT2D eigenvalue weighted by Crippen LogP contribution is 2.32. The van der Waals surface area contributed by atoms with Gasteiger partial charge in [-0.3, -0.25) is 0 Å². The van der Waals surface area contributed by atoms with Crippen molar-refractivity contribution in [1.82, 2.24) is 4.90 Å². The molecule has 0 bridgehead atoms. The van der Waals surface area contributed by atoms with Gasteiger partial charge in [-0.2, -0.15) is 0 Å². The Morgan fingerprint density at radius 3 is 2.44 bits per heavy atom. The first kappa shape index (κ1) is 11.9. The second kappa shape index (κ2) is 4.75. The van der Waals surface area contributed by atoms with Gasteiger partial charge in [-0.05, 0) is 52.4 Å². The van der Waals surface area contributed by atoms with Crippen molar-refractivity contribution < 1.29 is 0 Å². The largest absolute Gasteiger partial charge is 0.344 e. The highest BCUT2D eigenvalue weighted by Gasteiger charge is 2.15. The number of allylic oxidation sites excluding steroid dienone is 3. The molecule has 1 aromatic rings. The van der Waals surface area contributed by atoms with Crippen molar-refractivity contribution in [3.8, 4) is 0 Å².